The van der Waals surface area contributed by atoms with Crippen molar-refractivity contribution in [2.75, 3.05) is 33.3 Å². The van der Waals surface area contributed by atoms with Crippen LogP contribution < -0.4 is 0 Å². The van der Waals surface area contributed by atoms with E-state index in [9.17, 15) is 4.79 Å². The normalized spacial score (nSPS) is 25.2. The number of hydrogen-bond donors (Lipinski definition) is 1. The zero-order chi connectivity index (χ0) is 16.7. The summed E-state index contributed by atoms with van der Waals surface area (Å²) in [6.07, 6.45) is 6.69. The first-order chi connectivity index (χ1) is 11.2. The molecule has 1 amide bonds. The predicted molar refractivity (Wildman–Crippen MR) is 90.9 cm³/mol. The first-order valence-electron chi connectivity index (χ1n) is 8.97. The number of carbonyl (C=O) groups is 1. The van der Waals surface area contributed by atoms with Gasteiger partial charge in [-0.1, -0.05) is 18.5 Å². The molecule has 0 radical (unpaired) electrons. The Morgan fingerprint density at radius 2 is 1.91 bits per heavy atom. The zero-order valence-corrected chi connectivity index (χ0v) is 14.5. The van der Waals surface area contributed by atoms with Crippen LogP contribution in [0.5, 0.6) is 0 Å². The lowest BCUT2D eigenvalue weighted by Crippen LogP contribution is -2.43. The van der Waals surface area contributed by atoms with Gasteiger partial charge in [-0.2, -0.15) is 0 Å². The Balaban J connectivity index is 1.84. The molecule has 2 aliphatic rings. The lowest BCUT2D eigenvalue weighted by Gasteiger charge is -2.37. The van der Waals surface area contributed by atoms with E-state index in [0.29, 0.717) is 25.0 Å². The molecule has 6 nitrogen and oxygen atoms in total. The quantitative estimate of drug-likeness (QED) is 0.623. The minimum absolute atomic E-state index is 0.536. The monoisotopic (exact) mass is 325 g/mol. The molecule has 2 fully saturated rings. The Labute approximate surface area is 139 Å². The van der Waals surface area contributed by atoms with Gasteiger partial charge in [-0.25, -0.2) is 4.79 Å². The largest absolute Gasteiger partial charge is 0.465 e. The fourth-order valence-electron chi connectivity index (χ4n) is 3.93. The van der Waals surface area contributed by atoms with E-state index in [4.69, 9.17) is 9.94 Å². The molecule has 0 spiro atoms. The highest BCUT2D eigenvalue weighted by Crippen LogP contribution is 2.26. The molecule has 2 aliphatic heterocycles. The fourth-order valence-corrected chi connectivity index (χ4v) is 3.93. The van der Waals surface area contributed by atoms with E-state index < -0.39 is 6.09 Å². The molecule has 132 valence electrons. The van der Waals surface area contributed by atoms with Gasteiger partial charge < -0.3 is 19.7 Å². The van der Waals surface area contributed by atoms with Gasteiger partial charge in [0.05, 0.1) is 5.71 Å². The molecule has 1 N–H and O–H groups in total. The van der Waals surface area contributed by atoms with E-state index >= 15 is 0 Å². The van der Waals surface area contributed by atoms with Crippen molar-refractivity contribution in [3.63, 3.8) is 0 Å². The van der Waals surface area contributed by atoms with E-state index in [0.717, 1.165) is 58.0 Å². The Morgan fingerprint density at radius 1 is 1.17 bits per heavy atom. The fraction of sp³-hybridized carbons (Fsp3) is 0.882. The molecule has 0 aliphatic carbocycles. The van der Waals surface area contributed by atoms with E-state index in [1.54, 1.807) is 12.0 Å². The second-order valence-corrected chi connectivity index (χ2v) is 6.68. The van der Waals surface area contributed by atoms with Gasteiger partial charge in [0.2, 0.25) is 0 Å². The molecular weight excluding hydrogens is 294 g/mol. The summed E-state index contributed by atoms with van der Waals surface area (Å²) in [5.74, 6) is 0.549. The minimum atomic E-state index is -0.774. The summed E-state index contributed by atoms with van der Waals surface area (Å²) in [5.41, 5.74) is 1.22. The van der Waals surface area contributed by atoms with Crippen LogP contribution in [0.4, 0.5) is 4.79 Å². The Hall–Kier alpha value is -1.30. The van der Waals surface area contributed by atoms with Crippen LogP contribution in [-0.4, -0.2) is 66.0 Å². The first-order valence-corrected chi connectivity index (χ1v) is 8.97. The molecule has 0 aromatic carbocycles. The van der Waals surface area contributed by atoms with Gasteiger partial charge in [-0.05, 0) is 51.6 Å². The van der Waals surface area contributed by atoms with E-state index in [2.05, 4.69) is 17.0 Å². The summed E-state index contributed by atoms with van der Waals surface area (Å²) in [4.78, 5) is 20.3. The van der Waals surface area contributed by atoms with Crippen LogP contribution in [0.3, 0.4) is 0 Å². The van der Waals surface area contributed by atoms with E-state index in [1.165, 1.54) is 5.71 Å². The average Bonchev–Trinajstić information content (AvgIpc) is 2.81. The third kappa shape index (κ3) is 5.09. The van der Waals surface area contributed by atoms with Crippen LogP contribution in [0.25, 0.3) is 0 Å². The Kier molecular flexibility index (Phi) is 7.15. The van der Waals surface area contributed by atoms with Crippen molar-refractivity contribution in [2.45, 2.75) is 57.9 Å². The molecule has 6 heteroatoms. The molecule has 2 heterocycles. The van der Waals surface area contributed by atoms with Crippen molar-refractivity contribution < 1.29 is 14.7 Å². The summed E-state index contributed by atoms with van der Waals surface area (Å²) < 4.78 is 0. The van der Waals surface area contributed by atoms with Gasteiger partial charge in [0.15, 0.2) is 0 Å². The topological polar surface area (TPSA) is 65.4 Å². The summed E-state index contributed by atoms with van der Waals surface area (Å²) in [6.45, 7) is 5.72. The molecular formula is C17H31N3O3. The lowest BCUT2D eigenvalue weighted by atomic mass is 9.88. The Morgan fingerprint density at radius 3 is 2.52 bits per heavy atom. The number of piperidine rings is 1. The van der Waals surface area contributed by atoms with Crippen molar-refractivity contribution in [1.29, 1.82) is 0 Å². The highest BCUT2D eigenvalue weighted by atomic mass is 16.6. The number of carboxylic acid groups (broad SMARTS) is 1. The number of oxime groups is 1. The zero-order valence-electron chi connectivity index (χ0n) is 14.5. The van der Waals surface area contributed by atoms with Gasteiger partial charge in [0.25, 0.3) is 0 Å². The van der Waals surface area contributed by atoms with E-state index in [1.807, 2.05) is 0 Å². The molecule has 0 bridgehead atoms. The average molecular weight is 325 g/mol. The standard InChI is InChI=1S/C17H31N3O3/c1-3-5-16(18-23-2)14-7-11-19(12-8-14)15-6-4-10-20(13-9-15)17(21)22/h14-15H,3-13H2,1-2H3,(H,21,22)/b18-16-. The van der Waals surface area contributed by atoms with Gasteiger partial charge in [-0.15, -0.1) is 0 Å². The number of amides is 1. The third-order valence-corrected chi connectivity index (χ3v) is 5.20. The van der Waals surface area contributed by atoms with Crippen molar-refractivity contribution in [3.05, 3.63) is 0 Å². The second-order valence-electron chi connectivity index (χ2n) is 6.68. The summed E-state index contributed by atoms with van der Waals surface area (Å²) in [7, 11) is 1.63. The maximum atomic E-state index is 11.1. The third-order valence-electron chi connectivity index (χ3n) is 5.20. The van der Waals surface area contributed by atoms with Gasteiger partial charge >= 0.3 is 6.09 Å². The number of nitrogens with zero attached hydrogens (tertiary/aromatic N) is 3. The molecule has 2 saturated heterocycles. The Bertz CT molecular complexity index is 406. The highest BCUT2D eigenvalue weighted by Gasteiger charge is 2.29. The van der Waals surface area contributed by atoms with Crippen LogP contribution in [0.1, 0.15) is 51.9 Å². The maximum Gasteiger partial charge on any atom is 0.407 e. The molecule has 1 unspecified atom stereocenters. The second kappa shape index (κ2) is 9.11. The molecule has 2 rings (SSSR count). The lowest BCUT2D eigenvalue weighted by molar-refractivity contribution is 0.128. The summed E-state index contributed by atoms with van der Waals surface area (Å²) in [5, 5.41) is 13.4. The van der Waals surface area contributed by atoms with Crippen LogP contribution in [0.2, 0.25) is 0 Å². The number of hydrogen-bond acceptors (Lipinski definition) is 4. The van der Waals surface area contributed by atoms with Crippen molar-refractivity contribution >= 4 is 11.8 Å². The summed E-state index contributed by atoms with van der Waals surface area (Å²) >= 11 is 0. The SMILES string of the molecule is CCC/C(=N/OC)C1CCN(C2CCCN(C(=O)O)CC2)CC1. The number of likely N-dealkylation sites (tertiary alicyclic amines) is 2. The van der Waals surface area contributed by atoms with Crippen molar-refractivity contribution in [3.8, 4) is 0 Å². The predicted octanol–water partition coefficient (Wildman–Crippen LogP) is 3.03. The molecule has 0 aromatic heterocycles. The maximum absolute atomic E-state index is 11.1. The van der Waals surface area contributed by atoms with Crippen LogP contribution >= 0.6 is 0 Å². The molecule has 0 aromatic rings. The summed E-state index contributed by atoms with van der Waals surface area (Å²) in [6, 6.07) is 0.536. The van der Waals surface area contributed by atoms with Gasteiger partial charge in [0, 0.05) is 25.0 Å². The van der Waals surface area contributed by atoms with E-state index in [-0.39, 0.29) is 0 Å². The molecule has 1 atom stereocenters. The molecule has 0 saturated carbocycles. The van der Waals surface area contributed by atoms with Gasteiger partial charge in [-0.3, -0.25) is 0 Å². The van der Waals surface area contributed by atoms with Crippen LogP contribution in [0, 0.1) is 5.92 Å². The van der Waals surface area contributed by atoms with Crippen LogP contribution in [0.15, 0.2) is 5.16 Å². The minimum Gasteiger partial charge on any atom is -0.465 e. The van der Waals surface area contributed by atoms with Crippen LogP contribution in [-0.2, 0) is 4.84 Å². The number of rotatable bonds is 5. The van der Waals surface area contributed by atoms with Gasteiger partial charge in [0.1, 0.15) is 7.11 Å². The molecule has 23 heavy (non-hydrogen) atoms. The smallest absolute Gasteiger partial charge is 0.407 e. The first kappa shape index (κ1) is 18.0. The van der Waals surface area contributed by atoms with Crippen molar-refractivity contribution in [1.82, 2.24) is 9.80 Å². The van der Waals surface area contributed by atoms with Crippen molar-refractivity contribution in [2.24, 2.45) is 11.1 Å². The highest BCUT2D eigenvalue weighted by molar-refractivity contribution is 5.86.